The summed E-state index contributed by atoms with van der Waals surface area (Å²) >= 11 is 0. The summed E-state index contributed by atoms with van der Waals surface area (Å²) in [5.74, 6) is 0. The maximum atomic E-state index is 2.50. The maximum absolute atomic E-state index is 2.86. The SMILES string of the molecule is Cc1cccc([Si](c2ccccc2)(c2ccccc2)c2cc3cc(c2)c2cccc(c2)c2cccc(c2)c2cccc(c2)c2cccc(c2)c2cccc3c2)c1. The van der Waals surface area contributed by atoms with Crippen molar-refractivity contribution >= 4 is 93.5 Å². The summed E-state index contributed by atoms with van der Waals surface area (Å²) in [4.78, 5) is 0. The average Bonchev–Trinajstić information content (AvgIpc) is 3.27. The molecule has 1 heteroatoms. The van der Waals surface area contributed by atoms with Gasteiger partial charge in [0.15, 0.2) is 8.07 Å². The summed E-state index contributed by atoms with van der Waals surface area (Å²) in [6.07, 6.45) is 0. The van der Waals surface area contributed by atoms with E-state index in [0.29, 0.717) is 0 Å². The van der Waals surface area contributed by atoms with Crippen molar-refractivity contribution in [3.05, 3.63) is 230 Å². The fourth-order valence-electron chi connectivity index (χ4n) is 8.82. The maximum Gasteiger partial charge on any atom is 0.179 e. The van der Waals surface area contributed by atoms with Crippen molar-refractivity contribution in [2.24, 2.45) is 0 Å². The van der Waals surface area contributed by atoms with Gasteiger partial charge in [-0.3, -0.25) is 0 Å². The quantitative estimate of drug-likeness (QED) is 0.125. The smallest absolute Gasteiger partial charge is 0.0623 e. The molecule has 56 heavy (non-hydrogen) atoms. The van der Waals surface area contributed by atoms with Crippen LogP contribution in [0.15, 0.2) is 224 Å². The summed E-state index contributed by atoms with van der Waals surface area (Å²) in [6.45, 7) is 2.22. The predicted molar refractivity (Wildman–Crippen MR) is 246 cm³/mol. The number of hydrogen-bond donors (Lipinski definition) is 0. The third-order valence-corrected chi connectivity index (χ3v) is 16.3. The predicted octanol–water partition coefficient (Wildman–Crippen LogP) is 12.0. The zero-order chi connectivity index (χ0) is 37.5. The zero-order valence-corrected chi connectivity index (χ0v) is 32.4. The van der Waals surface area contributed by atoms with Gasteiger partial charge < -0.3 is 0 Å². The van der Waals surface area contributed by atoms with Crippen molar-refractivity contribution in [1.29, 1.82) is 0 Å². The van der Waals surface area contributed by atoms with Gasteiger partial charge in [0.05, 0.1) is 0 Å². The van der Waals surface area contributed by atoms with Gasteiger partial charge in [-0.2, -0.15) is 0 Å². The largest absolute Gasteiger partial charge is 0.179 e. The van der Waals surface area contributed by atoms with Gasteiger partial charge in [-0.25, -0.2) is 0 Å². The summed E-state index contributed by atoms with van der Waals surface area (Å²) in [7, 11) is -2.86. The summed E-state index contributed by atoms with van der Waals surface area (Å²) in [5.41, 5.74) is 1.27. The second kappa shape index (κ2) is 14.1. The Morgan fingerprint density at radius 3 is 0.839 bits per heavy atom. The molecule has 0 nitrogen and oxygen atoms in total. The van der Waals surface area contributed by atoms with Crippen LogP contribution in [-0.4, -0.2) is 8.07 Å². The molecule has 0 atom stereocenters. The van der Waals surface area contributed by atoms with Crippen LogP contribution in [0.5, 0.6) is 0 Å². The van der Waals surface area contributed by atoms with Crippen molar-refractivity contribution in [2.75, 3.05) is 0 Å². The van der Waals surface area contributed by atoms with E-state index in [-0.39, 0.29) is 0 Å². The standard InChI is InChI=1S/C55H40Si/c1-39-14-8-29-54(30-39)56(52-25-4-2-5-26-52,53-27-6-3-7-28-53)55-37-50-36-51(38-55)49-24-13-22-47(35-49)45-20-11-18-43(33-45)41-16-9-15-40(31-41)42-17-10-19-44(32-42)46-21-12-23-48(50)34-46/h2-38H,1H3. The lowest BCUT2D eigenvalue weighted by atomic mass is 10.0. The molecule has 0 saturated carbocycles. The number of fused-ring (bicyclic) bond motifs is 18. The average molecular weight is 729 g/mol. The Labute approximate surface area is 329 Å². The molecule has 0 N–H and O–H groups in total. The van der Waals surface area contributed by atoms with Crippen molar-refractivity contribution < 1.29 is 0 Å². The first-order chi connectivity index (χ1) is 27.6. The Bertz CT molecular complexity index is 3020. The number of aryl methyl sites for hydroxylation is 1. The van der Waals surface area contributed by atoms with Gasteiger partial charge in [0.2, 0.25) is 0 Å². The van der Waals surface area contributed by atoms with E-state index in [2.05, 4.69) is 231 Å². The Morgan fingerprint density at radius 2 is 0.500 bits per heavy atom. The molecule has 0 aromatic heterocycles. The minimum Gasteiger partial charge on any atom is -0.0623 e. The molecule has 0 aliphatic rings. The van der Waals surface area contributed by atoms with Crippen LogP contribution in [0.3, 0.4) is 0 Å². The first-order valence-corrected chi connectivity index (χ1v) is 21.5. The van der Waals surface area contributed by atoms with Crippen LogP contribution in [0.25, 0.3) is 64.6 Å². The van der Waals surface area contributed by atoms with Gasteiger partial charge in [0, 0.05) is 0 Å². The minimum absolute atomic E-state index is 1.20. The van der Waals surface area contributed by atoms with Crippen LogP contribution >= 0.6 is 0 Å². The van der Waals surface area contributed by atoms with Gasteiger partial charge in [-0.15, -0.1) is 0 Å². The van der Waals surface area contributed by atoms with Gasteiger partial charge in [-0.1, -0.05) is 194 Å². The van der Waals surface area contributed by atoms with Crippen LogP contribution in [0.2, 0.25) is 0 Å². The lowest BCUT2D eigenvalue weighted by Crippen LogP contribution is -2.74. The van der Waals surface area contributed by atoms with Crippen molar-refractivity contribution in [2.45, 2.75) is 6.92 Å². The highest BCUT2D eigenvalue weighted by Crippen LogP contribution is 2.27. The molecule has 0 radical (unpaired) electrons. The van der Waals surface area contributed by atoms with E-state index < -0.39 is 8.07 Å². The molecule has 10 aromatic carbocycles. The van der Waals surface area contributed by atoms with Gasteiger partial charge >= 0.3 is 0 Å². The summed E-state index contributed by atoms with van der Waals surface area (Å²) < 4.78 is 0. The molecule has 0 saturated heterocycles. The Hall–Kier alpha value is -6.80. The minimum atomic E-state index is -2.86. The first kappa shape index (κ1) is 33.7. The first-order valence-electron chi connectivity index (χ1n) is 19.5. The molecule has 12 bridgehead atoms. The normalized spacial score (nSPS) is 11.7. The monoisotopic (exact) mass is 728 g/mol. The zero-order valence-electron chi connectivity index (χ0n) is 31.4. The van der Waals surface area contributed by atoms with E-state index >= 15 is 0 Å². The molecule has 10 aromatic rings. The van der Waals surface area contributed by atoms with Gasteiger partial charge in [-0.05, 0) is 129 Å². The van der Waals surface area contributed by atoms with Gasteiger partial charge in [0.1, 0.15) is 0 Å². The molecular formula is C55H40Si. The highest BCUT2D eigenvalue weighted by Gasteiger charge is 2.41. The summed E-state index contributed by atoms with van der Waals surface area (Å²) in [5, 5.41) is 20.0. The fourth-order valence-corrected chi connectivity index (χ4v) is 13.7. The second-order valence-corrected chi connectivity index (χ2v) is 18.9. The molecular weight excluding hydrogens is 689 g/mol. The van der Waals surface area contributed by atoms with Crippen LogP contribution in [-0.2, 0) is 0 Å². The molecule has 0 aliphatic carbocycles. The molecule has 10 rings (SSSR count). The van der Waals surface area contributed by atoms with Crippen LogP contribution in [0.1, 0.15) is 5.56 Å². The van der Waals surface area contributed by atoms with E-state index in [9.17, 15) is 0 Å². The highest BCUT2D eigenvalue weighted by molar-refractivity contribution is 7.20. The van der Waals surface area contributed by atoms with E-state index in [4.69, 9.17) is 0 Å². The fraction of sp³-hybridized carbons (Fsp3) is 0.0182. The Kier molecular flexibility index (Phi) is 8.51. The molecule has 0 aliphatic heterocycles. The second-order valence-electron chi connectivity index (χ2n) is 15.1. The molecule has 0 heterocycles. The van der Waals surface area contributed by atoms with E-state index in [1.165, 1.54) is 90.9 Å². The molecule has 0 fully saturated rings. The van der Waals surface area contributed by atoms with Crippen LogP contribution in [0.4, 0.5) is 0 Å². The number of hydrogen-bond acceptors (Lipinski definition) is 0. The molecule has 0 unspecified atom stereocenters. The highest BCUT2D eigenvalue weighted by atomic mass is 28.3. The lowest BCUT2D eigenvalue weighted by molar-refractivity contribution is 1.49. The van der Waals surface area contributed by atoms with Crippen molar-refractivity contribution in [1.82, 2.24) is 0 Å². The Balaban J connectivity index is 1.42. The number of rotatable bonds is 4. The molecule has 0 spiro atoms. The van der Waals surface area contributed by atoms with E-state index in [1.54, 1.807) is 0 Å². The van der Waals surface area contributed by atoms with E-state index in [1.807, 2.05) is 0 Å². The number of benzene rings is 9. The Morgan fingerprint density at radius 1 is 0.214 bits per heavy atom. The lowest BCUT2D eigenvalue weighted by Gasteiger charge is -2.35. The molecule has 264 valence electrons. The van der Waals surface area contributed by atoms with Crippen molar-refractivity contribution in [3.63, 3.8) is 0 Å². The van der Waals surface area contributed by atoms with Crippen molar-refractivity contribution in [3.8, 4) is 0 Å². The topological polar surface area (TPSA) is 0 Å². The van der Waals surface area contributed by atoms with Crippen LogP contribution in [0, 0.1) is 6.92 Å². The molecule has 0 amide bonds. The summed E-state index contributed by atoms with van der Waals surface area (Å²) in [6, 6.07) is 84.4. The third kappa shape index (κ3) is 6.03. The van der Waals surface area contributed by atoms with E-state index in [0.717, 1.165) is 0 Å². The van der Waals surface area contributed by atoms with Crippen LogP contribution < -0.4 is 20.7 Å². The van der Waals surface area contributed by atoms with Gasteiger partial charge in [0.25, 0.3) is 0 Å². The third-order valence-electron chi connectivity index (χ3n) is 11.5.